The molecule has 3 heteroatoms. The largest absolute Gasteiger partial charge is 0.461 e. The van der Waals surface area contributed by atoms with E-state index in [-0.39, 0.29) is 29.8 Å². The number of hydrogen-bond acceptors (Lipinski definition) is 3. The van der Waals surface area contributed by atoms with Gasteiger partial charge in [-0.3, -0.25) is 4.79 Å². The van der Waals surface area contributed by atoms with Crippen molar-refractivity contribution in [2.24, 2.45) is 17.8 Å². The van der Waals surface area contributed by atoms with Crippen LogP contribution in [0.5, 0.6) is 0 Å². The molecule has 2 fully saturated rings. The van der Waals surface area contributed by atoms with Crippen LogP contribution in [0.25, 0.3) is 0 Å². The van der Waals surface area contributed by atoms with Crippen molar-refractivity contribution in [3.8, 4) is 0 Å². The molecule has 3 nitrogen and oxygen atoms in total. The van der Waals surface area contributed by atoms with E-state index in [0.717, 1.165) is 25.7 Å². The summed E-state index contributed by atoms with van der Waals surface area (Å²) in [5.41, 5.74) is 2.05. The summed E-state index contributed by atoms with van der Waals surface area (Å²) in [6.45, 7) is 6.05. The van der Waals surface area contributed by atoms with Gasteiger partial charge in [0.15, 0.2) is 0 Å². The summed E-state index contributed by atoms with van der Waals surface area (Å²) in [6.07, 6.45) is 3.71. The Morgan fingerprint density at radius 3 is 2.83 bits per heavy atom. The van der Waals surface area contributed by atoms with Crippen molar-refractivity contribution >= 4 is 5.97 Å². The van der Waals surface area contributed by atoms with Crippen LogP contribution in [0.1, 0.15) is 46.5 Å². The molecule has 0 unspecified atom stereocenters. The van der Waals surface area contributed by atoms with Gasteiger partial charge in [0, 0.05) is 11.8 Å². The first-order valence-corrected chi connectivity index (χ1v) is 7.03. The van der Waals surface area contributed by atoms with E-state index in [2.05, 4.69) is 6.92 Å². The second-order valence-corrected chi connectivity index (χ2v) is 6.53. The lowest BCUT2D eigenvalue weighted by Gasteiger charge is -2.32. The van der Waals surface area contributed by atoms with Crippen LogP contribution in [0.15, 0.2) is 11.1 Å². The molecule has 100 valence electrons. The van der Waals surface area contributed by atoms with Gasteiger partial charge in [-0.1, -0.05) is 18.1 Å². The standard InChI is InChI=1S/C15H22O3/c1-8-4-5-11-9(2)14(16)18-13(11)12-10(8)6-7-15(12,3)17/h9,11-13,17H,4-7H2,1-3H3/t9-,11-,12+,13+,15-/m1/s1. The summed E-state index contributed by atoms with van der Waals surface area (Å²) in [7, 11) is 0. The van der Waals surface area contributed by atoms with Gasteiger partial charge in [0.1, 0.15) is 6.10 Å². The van der Waals surface area contributed by atoms with E-state index in [1.807, 2.05) is 13.8 Å². The highest BCUT2D eigenvalue weighted by Gasteiger charge is 2.55. The lowest BCUT2D eigenvalue weighted by atomic mass is 9.78. The van der Waals surface area contributed by atoms with Gasteiger partial charge in [0.2, 0.25) is 0 Å². The molecule has 3 aliphatic rings. The van der Waals surface area contributed by atoms with Crippen LogP contribution in [0.4, 0.5) is 0 Å². The molecule has 0 aromatic rings. The zero-order valence-electron chi connectivity index (χ0n) is 11.4. The first-order valence-electron chi connectivity index (χ1n) is 7.03. The average molecular weight is 250 g/mol. The molecule has 18 heavy (non-hydrogen) atoms. The molecule has 1 N–H and O–H groups in total. The number of carbonyl (C=O) groups excluding carboxylic acids is 1. The number of hydrogen-bond donors (Lipinski definition) is 1. The molecule has 1 saturated carbocycles. The predicted octanol–water partition coefficient (Wildman–Crippen LogP) is 2.44. The second-order valence-electron chi connectivity index (χ2n) is 6.53. The third-order valence-electron chi connectivity index (χ3n) is 5.36. The topological polar surface area (TPSA) is 46.5 Å². The number of aliphatic hydroxyl groups is 1. The highest BCUT2D eigenvalue weighted by Crippen LogP contribution is 2.52. The average Bonchev–Trinajstić information content (AvgIpc) is 2.69. The molecule has 1 saturated heterocycles. The lowest BCUT2D eigenvalue weighted by Crippen LogP contribution is -2.40. The molecule has 1 heterocycles. The lowest BCUT2D eigenvalue weighted by molar-refractivity contribution is -0.147. The second kappa shape index (κ2) is 3.83. The third kappa shape index (κ3) is 1.56. The molecular weight excluding hydrogens is 228 g/mol. The number of rotatable bonds is 0. The van der Waals surface area contributed by atoms with Crippen LogP contribution in [0.3, 0.4) is 0 Å². The number of ether oxygens (including phenoxy) is 1. The van der Waals surface area contributed by atoms with Gasteiger partial charge < -0.3 is 9.84 Å². The summed E-state index contributed by atoms with van der Waals surface area (Å²) in [5, 5.41) is 10.6. The first-order chi connectivity index (χ1) is 8.42. The van der Waals surface area contributed by atoms with Crippen molar-refractivity contribution in [1.82, 2.24) is 0 Å². The Morgan fingerprint density at radius 2 is 2.11 bits per heavy atom. The molecule has 1 aliphatic heterocycles. The Bertz CT molecular complexity index is 421. The number of allylic oxidation sites excluding steroid dienone is 1. The monoisotopic (exact) mass is 250 g/mol. The minimum atomic E-state index is -0.714. The van der Waals surface area contributed by atoms with Crippen molar-refractivity contribution in [2.45, 2.75) is 58.2 Å². The maximum absolute atomic E-state index is 11.8. The van der Waals surface area contributed by atoms with Crippen LogP contribution >= 0.6 is 0 Å². The Kier molecular flexibility index (Phi) is 2.60. The summed E-state index contributed by atoms with van der Waals surface area (Å²) in [5.74, 6) is 0.212. The molecule has 0 aromatic heterocycles. The molecule has 0 spiro atoms. The minimum Gasteiger partial charge on any atom is -0.461 e. The quantitative estimate of drug-likeness (QED) is 0.530. The van der Waals surface area contributed by atoms with Crippen molar-refractivity contribution < 1.29 is 14.6 Å². The Balaban J connectivity index is 2.04. The molecule has 0 aromatic carbocycles. The van der Waals surface area contributed by atoms with Crippen LogP contribution in [-0.2, 0) is 9.53 Å². The van der Waals surface area contributed by atoms with Gasteiger partial charge in [0.25, 0.3) is 0 Å². The van der Waals surface area contributed by atoms with Crippen LogP contribution < -0.4 is 0 Å². The molecule has 5 atom stereocenters. The van der Waals surface area contributed by atoms with E-state index in [4.69, 9.17) is 4.74 Å². The normalized spacial score (nSPS) is 47.7. The van der Waals surface area contributed by atoms with E-state index in [1.165, 1.54) is 11.1 Å². The fourth-order valence-corrected chi connectivity index (χ4v) is 4.17. The Labute approximate surface area is 108 Å². The van der Waals surface area contributed by atoms with Gasteiger partial charge in [-0.15, -0.1) is 0 Å². The highest BCUT2D eigenvalue weighted by atomic mass is 16.6. The molecule has 3 rings (SSSR count). The maximum Gasteiger partial charge on any atom is 0.309 e. The van der Waals surface area contributed by atoms with Crippen molar-refractivity contribution in [3.63, 3.8) is 0 Å². The highest BCUT2D eigenvalue weighted by molar-refractivity contribution is 5.75. The number of esters is 1. The SMILES string of the molecule is CC1=C2CC[C@@](C)(O)[C@@H]2[C@H]2OC(=O)[C@H](C)[C@H]2CC1. The van der Waals surface area contributed by atoms with E-state index in [9.17, 15) is 9.90 Å². The van der Waals surface area contributed by atoms with Gasteiger partial charge in [-0.25, -0.2) is 0 Å². The Morgan fingerprint density at radius 1 is 1.39 bits per heavy atom. The summed E-state index contributed by atoms with van der Waals surface area (Å²) in [6, 6.07) is 0. The zero-order valence-corrected chi connectivity index (χ0v) is 11.4. The van der Waals surface area contributed by atoms with Crippen molar-refractivity contribution in [2.75, 3.05) is 0 Å². The molecule has 2 aliphatic carbocycles. The number of fused-ring (bicyclic) bond motifs is 3. The fourth-order valence-electron chi connectivity index (χ4n) is 4.17. The fraction of sp³-hybridized carbons (Fsp3) is 0.800. The van der Waals surface area contributed by atoms with Crippen molar-refractivity contribution in [3.05, 3.63) is 11.1 Å². The first kappa shape index (κ1) is 12.2. The van der Waals surface area contributed by atoms with Crippen LogP contribution in [-0.4, -0.2) is 22.8 Å². The molecule has 0 bridgehead atoms. The van der Waals surface area contributed by atoms with Gasteiger partial charge in [0.05, 0.1) is 11.5 Å². The summed E-state index contributed by atoms with van der Waals surface area (Å²) in [4.78, 5) is 11.8. The molecule has 0 amide bonds. The van der Waals surface area contributed by atoms with E-state index in [1.54, 1.807) is 0 Å². The van der Waals surface area contributed by atoms with E-state index in [0.29, 0.717) is 0 Å². The zero-order chi connectivity index (χ0) is 13.1. The van der Waals surface area contributed by atoms with Crippen molar-refractivity contribution in [1.29, 1.82) is 0 Å². The van der Waals surface area contributed by atoms with E-state index >= 15 is 0 Å². The van der Waals surface area contributed by atoms with Crippen LogP contribution in [0, 0.1) is 17.8 Å². The van der Waals surface area contributed by atoms with Crippen LogP contribution in [0.2, 0.25) is 0 Å². The molecule has 0 radical (unpaired) electrons. The minimum absolute atomic E-state index is 0.0152. The molecular formula is C15H22O3. The summed E-state index contributed by atoms with van der Waals surface area (Å²) >= 11 is 0. The summed E-state index contributed by atoms with van der Waals surface area (Å²) < 4.78 is 5.62. The third-order valence-corrected chi connectivity index (χ3v) is 5.36. The van der Waals surface area contributed by atoms with Gasteiger partial charge in [-0.05, 0) is 39.5 Å². The van der Waals surface area contributed by atoms with Gasteiger partial charge >= 0.3 is 5.97 Å². The smallest absolute Gasteiger partial charge is 0.309 e. The Hall–Kier alpha value is -0.830. The predicted molar refractivity (Wildman–Crippen MR) is 67.8 cm³/mol. The number of carbonyl (C=O) groups is 1. The van der Waals surface area contributed by atoms with E-state index < -0.39 is 5.60 Å². The van der Waals surface area contributed by atoms with Gasteiger partial charge in [-0.2, -0.15) is 0 Å². The maximum atomic E-state index is 11.8.